The first-order valence-electron chi connectivity index (χ1n) is 8.12. The highest BCUT2D eigenvalue weighted by Crippen LogP contribution is 2.27. The lowest BCUT2D eigenvalue weighted by atomic mass is 9.89. The number of rotatable bonds is 6. The summed E-state index contributed by atoms with van der Waals surface area (Å²) in [6, 6.07) is 3.96. The fourth-order valence-electron chi connectivity index (χ4n) is 3.15. The summed E-state index contributed by atoms with van der Waals surface area (Å²) in [5.74, 6) is -2.35. The Hall–Kier alpha value is -1.24. The van der Waals surface area contributed by atoms with Crippen molar-refractivity contribution in [1.29, 1.82) is 0 Å². The van der Waals surface area contributed by atoms with Gasteiger partial charge in [0.05, 0.1) is 6.10 Å². The Kier molecular flexibility index (Phi) is 5.95. The summed E-state index contributed by atoms with van der Waals surface area (Å²) in [6.07, 6.45) is 1.36. The van der Waals surface area contributed by atoms with Crippen molar-refractivity contribution in [3.63, 3.8) is 0 Å². The van der Waals surface area contributed by atoms with E-state index in [2.05, 4.69) is 18.7 Å². The van der Waals surface area contributed by atoms with E-state index in [1.54, 1.807) is 0 Å². The Bertz CT molecular complexity index is 525. The minimum absolute atomic E-state index is 0.247. The molecule has 0 radical (unpaired) electrons. The van der Waals surface area contributed by atoms with E-state index in [-0.39, 0.29) is 18.9 Å². The minimum Gasteiger partial charge on any atom is -0.487 e. The lowest BCUT2D eigenvalue weighted by molar-refractivity contribution is -0.145. The molecule has 0 spiro atoms. The van der Waals surface area contributed by atoms with Crippen LogP contribution in [0.4, 0.5) is 8.78 Å². The number of hydrogen-bond acceptors (Lipinski definition) is 4. The average molecular weight is 329 g/mol. The number of likely N-dealkylation sites (tertiary alicyclic amines) is 1. The number of nitrogens with zero attached hydrogens (tertiary/aromatic N) is 1. The molecule has 0 saturated carbocycles. The molecule has 0 aromatic heterocycles. The monoisotopic (exact) mass is 329 g/mol. The number of aliphatic hydroxyl groups excluding tert-OH is 1. The predicted octanol–water partition coefficient (Wildman–Crippen LogP) is 2.33. The Morgan fingerprint density at radius 1 is 1.35 bits per heavy atom. The van der Waals surface area contributed by atoms with E-state index in [1.807, 2.05) is 0 Å². The van der Waals surface area contributed by atoms with Gasteiger partial charge in [-0.25, -0.2) is 4.39 Å². The SMILES string of the molecule is CCC(CC)N1CC[C@H](O)[C@@](O)(COc2cccc(F)c2F)C1. The highest BCUT2D eigenvalue weighted by atomic mass is 19.2. The van der Waals surface area contributed by atoms with E-state index in [4.69, 9.17) is 4.74 Å². The van der Waals surface area contributed by atoms with E-state index in [1.165, 1.54) is 12.1 Å². The summed E-state index contributed by atoms with van der Waals surface area (Å²) in [5, 5.41) is 20.9. The largest absolute Gasteiger partial charge is 0.487 e. The maximum absolute atomic E-state index is 13.6. The molecule has 130 valence electrons. The zero-order valence-electron chi connectivity index (χ0n) is 13.6. The number of aliphatic hydroxyl groups is 2. The fraction of sp³-hybridized carbons (Fsp3) is 0.647. The van der Waals surface area contributed by atoms with Crippen LogP contribution in [-0.4, -0.2) is 52.6 Å². The molecule has 6 heteroatoms. The molecule has 0 amide bonds. The Morgan fingerprint density at radius 3 is 2.70 bits per heavy atom. The van der Waals surface area contributed by atoms with Crippen molar-refractivity contribution in [1.82, 2.24) is 4.90 Å². The molecule has 1 aliphatic heterocycles. The van der Waals surface area contributed by atoms with Gasteiger partial charge in [-0.3, -0.25) is 4.90 Å². The van der Waals surface area contributed by atoms with Gasteiger partial charge in [-0.2, -0.15) is 4.39 Å². The molecule has 1 aromatic carbocycles. The molecule has 1 saturated heterocycles. The van der Waals surface area contributed by atoms with Crippen molar-refractivity contribution in [2.24, 2.45) is 0 Å². The first-order valence-corrected chi connectivity index (χ1v) is 8.12. The zero-order valence-corrected chi connectivity index (χ0v) is 13.6. The second-order valence-corrected chi connectivity index (χ2v) is 6.19. The van der Waals surface area contributed by atoms with Crippen LogP contribution < -0.4 is 4.74 Å². The molecular formula is C17H25F2NO3. The van der Waals surface area contributed by atoms with Crippen LogP contribution in [0.25, 0.3) is 0 Å². The van der Waals surface area contributed by atoms with E-state index in [0.717, 1.165) is 18.9 Å². The topological polar surface area (TPSA) is 52.9 Å². The van der Waals surface area contributed by atoms with Gasteiger partial charge < -0.3 is 14.9 Å². The lowest BCUT2D eigenvalue weighted by Gasteiger charge is -2.45. The number of piperidine rings is 1. The van der Waals surface area contributed by atoms with Gasteiger partial charge in [0.15, 0.2) is 11.6 Å². The number of halogens is 2. The van der Waals surface area contributed by atoms with Crippen LogP contribution in [0.15, 0.2) is 18.2 Å². The van der Waals surface area contributed by atoms with Crippen LogP contribution in [0.1, 0.15) is 33.1 Å². The highest BCUT2D eigenvalue weighted by Gasteiger charge is 2.43. The standard InChI is InChI=1S/C17H25F2NO3/c1-3-12(4-2)20-9-8-15(21)17(22,10-20)11-23-14-7-5-6-13(18)16(14)19/h5-7,12,15,21-22H,3-4,8-11H2,1-2H3/t15-,17-/m0/s1. The lowest BCUT2D eigenvalue weighted by Crippen LogP contribution is -2.61. The average Bonchev–Trinajstić information content (AvgIpc) is 2.53. The quantitative estimate of drug-likeness (QED) is 0.841. The molecule has 1 aliphatic rings. The van der Waals surface area contributed by atoms with Gasteiger partial charge in [-0.05, 0) is 31.4 Å². The van der Waals surface area contributed by atoms with E-state index >= 15 is 0 Å². The molecule has 23 heavy (non-hydrogen) atoms. The van der Waals surface area contributed by atoms with Crippen molar-refractivity contribution < 1.29 is 23.7 Å². The van der Waals surface area contributed by atoms with Crippen LogP contribution in [0.5, 0.6) is 5.75 Å². The Morgan fingerprint density at radius 2 is 2.04 bits per heavy atom. The van der Waals surface area contributed by atoms with E-state index < -0.39 is 23.3 Å². The summed E-state index contributed by atoms with van der Waals surface area (Å²) in [7, 11) is 0. The minimum atomic E-state index is -1.50. The third-order valence-electron chi connectivity index (χ3n) is 4.64. The molecule has 2 atom stereocenters. The summed E-state index contributed by atoms with van der Waals surface area (Å²) in [4.78, 5) is 2.12. The number of ether oxygens (including phenoxy) is 1. The summed E-state index contributed by atoms with van der Waals surface area (Å²) in [5.41, 5.74) is -1.50. The number of hydrogen-bond donors (Lipinski definition) is 2. The second-order valence-electron chi connectivity index (χ2n) is 6.19. The third-order valence-corrected chi connectivity index (χ3v) is 4.64. The van der Waals surface area contributed by atoms with Crippen molar-refractivity contribution >= 4 is 0 Å². The van der Waals surface area contributed by atoms with Crippen LogP contribution in [-0.2, 0) is 0 Å². The van der Waals surface area contributed by atoms with Crippen molar-refractivity contribution in [2.75, 3.05) is 19.7 Å². The van der Waals surface area contributed by atoms with Crippen LogP contribution >= 0.6 is 0 Å². The molecule has 2 rings (SSSR count). The zero-order chi connectivity index (χ0) is 17.0. The molecule has 0 aliphatic carbocycles. The molecule has 1 aromatic rings. The van der Waals surface area contributed by atoms with Crippen LogP contribution in [0, 0.1) is 11.6 Å². The first kappa shape index (κ1) is 18.1. The molecular weight excluding hydrogens is 304 g/mol. The smallest absolute Gasteiger partial charge is 0.200 e. The number of benzene rings is 1. The van der Waals surface area contributed by atoms with E-state index in [9.17, 15) is 19.0 Å². The third kappa shape index (κ3) is 4.00. The maximum atomic E-state index is 13.6. The van der Waals surface area contributed by atoms with Gasteiger partial charge in [-0.1, -0.05) is 19.9 Å². The Balaban J connectivity index is 2.07. The number of β-amino-alcohol motifs (C(OH)–C–C–N with tert-alkyl or cyclic N) is 1. The highest BCUT2D eigenvalue weighted by molar-refractivity contribution is 5.25. The van der Waals surface area contributed by atoms with Crippen LogP contribution in [0.3, 0.4) is 0 Å². The first-order chi connectivity index (χ1) is 10.9. The van der Waals surface area contributed by atoms with Gasteiger partial charge in [0.1, 0.15) is 12.2 Å². The second kappa shape index (κ2) is 7.55. The van der Waals surface area contributed by atoms with Gasteiger partial charge in [0.2, 0.25) is 5.82 Å². The molecule has 4 nitrogen and oxygen atoms in total. The summed E-state index contributed by atoms with van der Waals surface area (Å²) in [6.45, 7) is 4.82. The van der Waals surface area contributed by atoms with Crippen molar-refractivity contribution in [3.05, 3.63) is 29.8 Å². The predicted molar refractivity (Wildman–Crippen MR) is 83.4 cm³/mol. The summed E-state index contributed by atoms with van der Waals surface area (Å²) >= 11 is 0. The molecule has 0 unspecified atom stereocenters. The summed E-state index contributed by atoms with van der Waals surface area (Å²) < 4.78 is 32.1. The van der Waals surface area contributed by atoms with Crippen molar-refractivity contribution in [3.8, 4) is 5.75 Å². The normalized spacial score (nSPS) is 25.8. The van der Waals surface area contributed by atoms with Gasteiger partial charge in [0.25, 0.3) is 0 Å². The molecule has 1 fully saturated rings. The Labute approximate surface area is 135 Å². The van der Waals surface area contributed by atoms with Crippen molar-refractivity contribution in [2.45, 2.75) is 50.9 Å². The van der Waals surface area contributed by atoms with Crippen LogP contribution in [0.2, 0.25) is 0 Å². The van der Waals surface area contributed by atoms with Gasteiger partial charge in [0, 0.05) is 19.1 Å². The van der Waals surface area contributed by atoms with Gasteiger partial charge in [-0.15, -0.1) is 0 Å². The fourth-order valence-corrected chi connectivity index (χ4v) is 3.15. The molecule has 0 bridgehead atoms. The maximum Gasteiger partial charge on any atom is 0.200 e. The molecule has 2 N–H and O–H groups in total. The molecule has 1 heterocycles. The van der Waals surface area contributed by atoms with E-state index in [0.29, 0.717) is 19.0 Å². The van der Waals surface area contributed by atoms with Gasteiger partial charge >= 0.3 is 0 Å².